The molecule has 1 heterocycles. The number of hydrogen-bond acceptors (Lipinski definition) is 10. The Morgan fingerprint density at radius 2 is 1.16 bits per heavy atom. The zero-order valence-electron chi connectivity index (χ0n) is 17.7. The van der Waals surface area contributed by atoms with Crippen molar-refractivity contribution in [2.24, 2.45) is 11.5 Å². The van der Waals surface area contributed by atoms with E-state index < -0.39 is 23.5 Å². The van der Waals surface area contributed by atoms with Gasteiger partial charge in [0.25, 0.3) is 0 Å². The van der Waals surface area contributed by atoms with Gasteiger partial charge in [-0.05, 0) is 17.7 Å². The summed E-state index contributed by atoms with van der Waals surface area (Å²) in [6.07, 6.45) is 0. The normalized spacial score (nSPS) is 18.7. The lowest BCUT2D eigenvalue weighted by molar-refractivity contribution is -0.158. The topological polar surface area (TPSA) is 182 Å². The van der Waals surface area contributed by atoms with Crippen LogP contribution in [0, 0.1) is 0 Å². The molecule has 2 rings (SSSR count). The molecule has 1 unspecified atom stereocenters. The summed E-state index contributed by atoms with van der Waals surface area (Å²) in [5, 5.41) is 18.6. The van der Waals surface area contributed by atoms with Gasteiger partial charge in [0.2, 0.25) is 5.54 Å². The molecule has 180 valence electrons. The Balaban J connectivity index is 2.15. The van der Waals surface area contributed by atoms with Gasteiger partial charge in [0.1, 0.15) is 13.2 Å². The lowest BCUT2D eigenvalue weighted by Crippen LogP contribution is -2.61. The van der Waals surface area contributed by atoms with Gasteiger partial charge in [-0.2, -0.15) is 0 Å². The molecule has 1 aromatic rings. The van der Waals surface area contributed by atoms with Gasteiger partial charge in [0.05, 0.1) is 58.9 Å². The molecule has 6 N–H and O–H groups in total. The summed E-state index contributed by atoms with van der Waals surface area (Å²) in [5.74, 6) is -2.94. The van der Waals surface area contributed by atoms with Crippen LogP contribution in [0.4, 0.5) is 0 Å². The van der Waals surface area contributed by atoms with E-state index in [4.69, 9.17) is 39.9 Å². The van der Waals surface area contributed by atoms with Crippen LogP contribution in [0.5, 0.6) is 11.5 Å². The van der Waals surface area contributed by atoms with Crippen molar-refractivity contribution in [2.75, 3.05) is 66.1 Å². The molecule has 0 fully saturated rings. The zero-order valence-corrected chi connectivity index (χ0v) is 17.7. The van der Waals surface area contributed by atoms with E-state index in [2.05, 4.69) is 0 Å². The van der Waals surface area contributed by atoms with Crippen LogP contribution >= 0.6 is 0 Å². The van der Waals surface area contributed by atoms with Crippen LogP contribution in [0.15, 0.2) is 18.2 Å². The fraction of sp³-hybridized carbons (Fsp3) is 0.600. The molecule has 1 aliphatic heterocycles. The van der Waals surface area contributed by atoms with E-state index in [1.165, 1.54) is 18.2 Å². The lowest BCUT2D eigenvalue weighted by atomic mass is 9.86. The van der Waals surface area contributed by atoms with Gasteiger partial charge in [-0.15, -0.1) is 0 Å². The lowest BCUT2D eigenvalue weighted by Gasteiger charge is -2.27. The van der Waals surface area contributed by atoms with Crippen LogP contribution in [0.25, 0.3) is 0 Å². The first kappa shape index (κ1) is 25.8. The van der Waals surface area contributed by atoms with Crippen LogP contribution in [-0.2, 0) is 28.5 Å². The van der Waals surface area contributed by atoms with Crippen LogP contribution in [0.1, 0.15) is 11.6 Å². The van der Waals surface area contributed by atoms with E-state index in [1.54, 1.807) is 0 Å². The Hall–Kier alpha value is -2.48. The van der Waals surface area contributed by atoms with E-state index in [0.717, 1.165) is 0 Å². The number of nitrogens with two attached hydrogens (primary N) is 2. The molecule has 0 aliphatic carbocycles. The minimum absolute atomic E-state index is 0.153. The fourth-order valence-corrected chi connectivity index (χ4v) is 2.75. The standard InChI is InChI=1S/C20H30N2O10/c21-17(20(22,18(23)24)19(25)26)14-1-2-15-16(13-14)32-12-10-30-8-6-28-4-3-27-5-7-29-9-11-31-15/h1-2,13,17H,3-12,21-22H2,(H,23,24)(H,25,26). The Bertz CT molecular complexity index is 731. The highest BCUT2D eigenvalue weighted by molar-refractivity contribution is 6.04. The molecule has 0 saturated carbocycles. The number of ether oxygens (including phenoxy) is 6. The molecule has 0 aromatic heterocycles. The molecule has 0 amide bonds. The number of carboxylic acids is 2. The molecule has 1 aromatic carbocycles. The van der Waals surface area contributed by atoms with E-state index in [-0.39, 0.29) is 31.1 Å². The molecule has 12 heteroatoms. The quantitative estimate of drug-likeness (QED) is 0.421. The van der Waals surface area contributed by atoms with Crippen LogP contribution in [0.3, 0.4) is 0 Å². The number of fused-ring (bicyclic) bond motifs is 1. The van der Waals surface area contributed by atoms with Crippen LogP contribution in [0.2, 0.25) is 0 Å². The van der Waals surface area contributed by atoms with Crippen molar-refractivity contribution in [3.8, 4) is 11.5 Å². The van der Waals surface area contributed by atoms with Crippen molar-refractivity contribution in [2.45, 2.75) is 11.6 Å². The first-order valence-corrected chi connectivity index (χ1v) is 10.1. The smallest absolute Gasteiger partial charge is 0.337 e. The molecule has 1 aliphatic rings. The maximum Gasteiger partial charge on any atom is 0.337 e. The van der Waals surface area contributed by atoms with Crippen molar-refractivity contribution in [3.05, 3.63) is 23.8 Å². The Kier molecular flexibility index (Phi) is 10.6. The number of carbonyl (C=O) groups is 2. The minimum atomic E-state index is -2.72. The summed E-state index contributed by atoms with van der Waals surface area (Å²) in [4.78, 5) is 23.0. The van der Waals surface area contributed by atoms with E-state index >= 15 is 0 Å². The van der Waals surface area contributed by atoms with E-state index in [0.29, 0.717) is 52.0 Å². The average molecular weight is 458 g/mol. The predicted molar refractivity (Wildman–Crippen MR) is 110 cm³/mol. The Morgan fingerprint density at radius 1 is 0.750 bits per heavy atom. The molecule has 12 nitrogen and oxygen atoms in total. The molecule has 1 atom stereocenters. The number of benzene rings is 1. The van der Waals surface area contributed by atoms with Gasteiger partial charge in [-0.3, -0.25) is 0 Å². The summed E-state index contributed by atoms with van der Waals surface area (Å²) in [6.45, 7) is 3.43. The summed E-state index contributed by atoms with van der Waals surface area (Å²) in [5.41, 5.74) is 8.97. The second-order valence-corrected chi connectivity index (χ2v) is 6.81. The van der Waals surface area contributed by atoms with Gasteiger partial charge in [0, 0.05) is 0 Å². The number of aliphatic carboxylic acids is 2. The van der Waals surface area contributed by atoms with E-state index in [9.17, 15) is 19.8 Å². The van der Waals surface area contributed by atoms with Crippen molar-refractivity contribution >= 4 is 11.9 Å². The molecular weight excluding hydrogens is 428 g/mol. The number of rotatable bonds is 4. The maximum absolute atomic E-state index is 11.5. The van der Waals surface area contributed by atoms with Gasteiger partial charge in [0.15, 0.2) is 11.5 Å². The molecular formula is C20H30N2O10. The van der Waals surface area contributed by atoms with Crippen molar-refractivity contribution in [3.63, 3.8) is 0 Å². The highest BCUT2D eigenvalue weighted by Crippen LogP contribution is 2.33. The SMILES string of the molecule is NC(c1ccc2c(c1)OCCOCCOCCOCCOCCO2)C(N)(C(=O)O)C(=O)O. The largest absolute Gasteiger partial charge is 0.487 e. The Labute approximate surface area is 185 Å². The van der Waals surface area contributed by atoms with Gasteiger partial charge < -0.3 is 50.1 Å². The molecule has 0 bridgehead atoms. The van der Waals surface area contributed by atoms with Crippen molar-refractivity contribution < 1.29 is 48.2 Å². The minimum Gasteiger partial charge on any atom is -0.487 e. The molecule has 0 saturated heterocycles. The zero-order chi connectivity index (χ0) is 23.4. The third-order valence-corrected chi connectivity index (χ3v) is 4.61. The summed E-state index contributed by atoms with van der Waals surface area (Å²) in [7, 11) is 0. The first-order chi connectivity index (χ1) is 15.4. The predicted octanol–water partition coefficient (Wildman–Crippen LogP) is -0.609. The van der Waals surface area contributed by atoms with Crippen LogP contribution < -0.4 is 20.9 Å². The monoisotopic (exact) mass is 458 g/mol. The number of hydrogen-bond donors (Lipinski definition) is 4. The fourth-order valence-electron chi connectivity index (χ4n) is 2.75. The molecule has 0 radical (unpaired) electrons. The van der Waals surface area contributed by atoms with E-state index in [1.807, 2.05) is 0 Å². The second kappa shape index (κ2) is 13.2. The summed E-state index contributed by atoms with van der Waals surface area (Å²) >= 11 is 0. The summed E-state index contributed by atoms with van der Waals surface area (Å²) < 4.78 is 33.0. The maximum atomic E-state index is 11.5. The van der Waals surface area contributed by atoms with Crippen molar-refractivity contribution in [1.82, 2.24) is 0 Å². The van der Waals surface area contributed by atoms with Crippen LogP contribution in [-0.4, -0.2) is 93.8 Å². The summed E-state index contributed by atoms with van der Waals surface area (Å²) in [6, 6.07) is 2.81. The average Bonchev–Trinajstić information content (AvgIpc) is 2.77. The molecule has 32 heavy (non-hydrogen) atoms. The third-order valence-electron chi connectivity index (χ3n) is 4.61. The second-order valence-electron chi connectivity index (χ2n) is 6.81. The number of carboxylic acid groups (broad SMARTS) is 2. The van der Waals surface area contributed by atoms with Gasteiger partial charge in [-0.1, -0.05) is 6.07 Å². The highest BCUT2D eigenvalue weighted by atomic mass is 16.6. The van der Waals surface area contributed by atoms with Crippen molar-refractivity contribution in [1.29, 1.82) is 0 Å². The Morgan fingerprint density at radius 3 is 1.59 bits per heavy atom. The molecule has 0 spiro atoms. The first-order valence-electron chi connectivity index (χ1n) is 10.1. The third kappa shape index (κ3) is 7.29. The van der Waals surface area contributed by atoms with Gasteiger partial charge >= 0.3 is 11.9 Å². The highest BCUT2D eigenvalue weighted by Gasteiger charge is 2.49. The van der Waals surface area contributed by atoms with Gasteiger partial charge in [-0.25, -0.2) is 9.59 Å².